The number of non-ortho nitro benzene ring substituents is 1. The van der Waals surface area contributed by atoms with Gasteiger partial charge in [0.15, 0.2) is 0 Å². The van der Waals surface area contributed by atoms with Crippen LogP contribution < -0.4 is 0 Å². The van der Waals surface area contributed by atoms with Crippen molar-refractivity contribution in [2.75, 3.05) is 13.1 Å². The third-order valence-corrected chi connectivity index (χ3v) is 5.28. The number of nitro benzene ring substituents is 1. The molecular formula is C18H22F2N2O4. The third kappa shape index (κ3) is 4.55. The van der Waals surface area contributed by atoms with Gasteiger partial charge in [0.2, 0.25) is 0 Å². The predicted molar refractivity (Wildman–Crippen MR) is 90.3 cm³/mol. The average Bonchev–Trinajstić information content (AvgIpc) is 2.62. The lowest BCUT2D eigenvalue weighted by atomic mass is 9.90. The van der Waals surface area contributed by atoms with Gasteiger partial charge < -0.3 is 4.74 Å². The summed E-state index contributed by atoms with van der Waals surface area (Å²) in [5.74, 6) is -3.02. The predicted octanol–water partition coefficient (Wildman–Crippen LogP) is 3.79. The van der Waals surface area contributed by atoms with Crippen molar-refractivity contribution in [3.05, 3.63) is 39.9 Å². The van der Waals surface area contributed by atoms with Gasteiger partial charge in [-0.25, -0.2) is 13.6 Å². The Hall–Kier alpha value is -2.09. The molecule has 1 heterocycles. The first-order valence-electron chi connectivity index (χ1n) is 8.91. The average molecular weight is 368 g/mol. The van der Waals surface area contributed by atoms with Gasteiger partial charge in [0, 0.05) is 44.1 Å². The first kappa shape index (κ1) is 18.7. The van der Waals surface area contributed by atoms with Gasteiger partial charge in [-0.05, 0) is 37.8 Å². The molecule has 0 spiro atoms. The van der Waals surface area contributed by atoms with Gasteiger partial charge in [-0.3, -0.25) is 15.0 Å². The number of halogens is 2. The van der Waals surface area contributed by atoms with Crippen molar-refractivity contribution < 1.29 is 23.2 Å². The van der Waals surface area contributed by atoms with Gasteiger partial charge in [-0.1, -0.05) is 0 Å². The number of hydrogen-bond acceptors (Lipinski definition) is 5. The van der Waals surface area contributed by atoms with Crippen LogP contribution in [0.1, 0.15) is 48.9 Å². The number of piperidine rings is 1. The van der Waals surface area contributed by atoms with Crippen molar-refractivity contribution in [3.8, 4) is 0 Å². The maximum atomic E-state index is 13.3. The van der Waals surface area contributed by atoms with Crippen LogP contribution in [0.25, 0.3) is 0 Å². The first-order valence-corrected chi connectivity index (χ1v) is 8.91. The Bertz CT molecular complexity index is 648. The van der Waals surface area contributed by atoms with Crippen LogP contribution in [0.15, 0.2) is 24.3 Å². The highest BCUT2D eigenvalue weighted by atomic mass is 19.3. The molecule has 0 aromatic heterocycles. The molecule has 1 aliphatic heterocycles. The number of carbonyl (C=O) groups excluding carboxylic acids is 1. The van der Waals surface area contributed by atoms with E-state index in [1.165, 1.54) is 24.3 Å². The topological polar surface area (TPSA) is 72.7 Å². The highest BCUT2D eigenvalue weighted by molar-refractivity contribution is 5.89. The molecule has 6 nitrogen and oxygen atoms in total. The number of rotatable bonds is 4. The smallest absolute Gasteiger partial charge is 0.338 e. The number of esters is 1. The monoisotopic (exact) mass is 368 g/mol. The summed E-state index contributed by atoms with van der Waals surface area (Å²) in [6, 6.07) is 5.61. The summed E-state index contributed by atoms with van der Waals surface area (Å²) >= 11 is 0. The zero-order valence-electron chi connectivity index (χ0n) is 14.4. The fourth-order valence-corrected chi connectivity index (χ4v) is 3.68. The number of nitro groups is 1. The van der Waals surface area contributed by atoms with E-state index >= 15 is 0 Å². The number of ether oxygens (including phenoxy) is 1. The molecule has 0 bridgehead atoms. The second-order valence-corrected chi connectivity index (χ2v) is 7.03. The van der Waals surface area contributed by atoms with E-state index in [0.717, 1.165) is 12.8 Å². The minimum absolute atomic E-state index is 0.0748. The molecule has 1 aromatic carbocycles. The SMILES string of the molecule is O=C(O[C@H]1CC[C@H](N2CCC(F)(F)CC2)CC1)c1ccc([N+](=O)[O-])cc1. The number of benzene rings is 1. The van der Waals surface area contributed by atoms with E-state index in [9.17, 15) is 23.7 Å². The van der Waals surface area contributed by atoms with Crippen LogP contribution in [0.4, 0.5) is 14.5 Å². The fraction of sp³-hybridized carbons (Fsp3) is 0.611. The lowest BCUT2D eigenvalue weighted by molar-refractivity contribution is -0.384. The Balaban J connectivity index is 1.46. The minimum Gasteiger partial charge on any atom is -0.459 e. The molecule has 0 unspecified atom stereocenters. The normalized spacial score (nSPS) is 26.2. The van der Waals surface area contributed by atoms with Crippen molar-refractivity contribution in [1.29, 1.82) is 0 Å². The van der Waals surface area contributed by atoms with E-state index in [2.05, 4.69) is 4.90 Å². The van der Waals surface area contributed by atoms with E-state index in [4.69, 9.17) is 4.74 Å². The van der Waals surface area contributed by atoms with Crippen LogP contribution in [-0.4, -0.2) is 47.0 Å². The molecule has 1 aliphatic carbocycles. The van der Waals surface area contributed by atoms with Gasteiger partial charge in [0.1, 0.15) is 6.10 Å². The van der Waals surface area contributed by atoms with Gasteiger partial charge in [0.25, 0.3) is 11.6 Å². The minimum atomic E-state index is -2.53. The van der Waals surface area contributed by atoms with E-state index in [1.54, 1.807) is 0 Å². The van der Waals surface area contributed by atoms with Crippen molar-refractivity contribution in [1.82, 2.24) is 4.90 Å². The molecular weight excluding hydrogens is 346 g/mol. The van der Waals surface area contributed by atoms with Crippen LogP contribution in [0.5, 0.6) is 0 Å². The molecule has 2 fully saturated rings. The van der Waals surface area contributed by atoms with E-state index < -0.39 is 16.8 Å². The molecule has 2 aliphatic rings. The zero-order valence-corrected chi connectivity index (χ0v) is 14.4. The molecule has 1 saturated carbocycles. The summed E-state index contributed by atoms with van der Waals surface area (Å²) in [4.78, 5) is 24.4. The largest absolute Gasteiger partial charge is 0.459 e. The molecule has 26 heavy (non-hydrogen) atoms. The second-order valence-electron chi connectivity index (χ2n) is 7.03. The van der Waals surface area contributed by atoms with Crippen LogP contribution in [0.3, 0.4) is 0 Å². The Morgan fingerprint density at radius 2 is 1.69 bits per heavy atom. The molecule has 1 aromatic rings. The lowest BCUT2D eigenvalue weighted by Crippen LogP contribution is -2.46. The Morgan fingerprint density at radius 3 is 2.23 bits per heavy atom. The van der Waals surface area contributed by atoms with E-state index in [0.29, 0.717) is 25.9 Å². The number of alkyl halides is 2. The Kier molecular flexibility index (Phi) is 5.50. The van der Waals surface area contributed by atoms with Crippen molar-refractivity contribution in [2.45, 2.75) is 56.6 Å². The molecule has 142 valence electrons. The third-order valence-electron chi connectivity index (χ3n) is 5.28. The van der Waals surface area contributed by atoms with E-state index in [-0.39, 0.29) is 36.2 Å². The number of likely N-dealkylation sites (tertiary alicyclic amines) is 1. The van der Waals surface area contributed by atoms with Crippen LogP contribution >= 0.6 is 0 Å². The second kappa shape index (κ2) is 7.65. The lowest BCUT2D eigenvalue weighted by Gasteiger charge is -2.40. The Morgan fingerprint density at radius 1 is 1.12 bits per heavy atom. The van der Waals surface area contributed by atoms with Gasteiger partial charge in [-0.2, -0.15) is 0 Å². The van der Waals surface area contributed by atoms with Gasteiger partial charge in [-0.15, -0.1) is 0 Å². The van der Waals surface area contributed by atoms with E-state index in [1.807, 2.05) is 0 Å². The maximum absolute atomic E-state index is 13.3. The summed E-state index contributed by atoms with van der Waals surface area (Å²) in [6.45, 7) is 0.843. The molecule has 0 N–H and O–H groups in total. The molecule has 1 saturated heterocycles. The number of hydrogen-bond donors (Lipinski definition) is 0. The molecule has 0 amide bonds. The summed E-state index contributed by atoms with van der Waals surface area (Å²) < 4.78 is 32.0. The van der Waals surface area contributed by atoms with Crippen LogP contribution in [0.2, 0.25) is 0 Å². The van der Waals surface area contributed by atoms with Crippen molar-refractivity contribution in [3.63, 3.8) is 0 Å². The van der Waals surface area contributed by atoms with Crippen LogP contribution in [0, 0.1) is 10.1 Å². The maximum Gasteiger partial charge on any atom is 0.338 e. The highest BCUT2D eigenvalue weighted by Gasteiger charge is 2.37. The molecule has 8 heteroatoms. The summed E-state index contributed by atoms with van der Waals surface area (Å²) in [6.07, 6.45) is 2.70. The van der Waals surface area contributed by atoms with Gasteiger partial charge >= 0.3 is 5.97 Å². The van der Waals surface area contributed by atoms with Crippen molar-refractivity contribution in [2.24, 2.45) is 0 Å². The highest BCUT2D eigenvalue weighted by Crippen LogP contribution is 2.32. The number of carbonyl (C=O) groups is 1. The molecule has 0 atom stereocenters. The Labute approximate surface area is 150 Å². The fourth-order valence-electron chi connectivity index (χ4n) is 3.68. The summed E-state index contributed by atoms with van der Waals surface area (Å²) in [5.41, 5.74) is 0.213. The number of nitrogens with zero attached hydrogens (tertiary/aromatic N) is 2. The van der Waals surface area contributed by atoms with Crippen LogP contribution in [-0.2, 0) is 4.74 Å². The molecule has 3 rings (SSSR count). The summed E-state index contributed by atoms with van der Waals surface area (Å²) in [7, 11) is 0. The standard InChI is InChI=1S/C18H22F2N2O4/c19-18(20)9-11-21(12-10-18)14-5-7-16(8-6-14)26-17(23)13-1-3-15(4-2-13)22(24)25/h1-4,14,16H,5-12H2/t14-,16-. The first-order chi connectivity index (χ1) is 12.3. The quantitative estimate of drug-likeness (QED) is 0.459. The van der Waals surface area contributed by atoms with Gasteiger partial charge in [0.05, 0.1) is 10.5 Å². The molecule has 0 radical (unpaired) electrons. The summed E-state index contributed by atoms with van der Waals surface area (Å²) in [5, 5.41) is 10.6. The zero-order chi connectivity index (χ0) is 18.7. The van der Waals surface area contributed by atoms with Crippen molar-refractivity contribution >= 4 is 11.7 Å².